The number of nitrogens with zero attached hydrogens (tertiary/aromatic N) is 2. The Morgan fingerprint density at radius 3 is 2.87 bits per heavy atom. The summed E-state index contributed by atoms with van der Waals surface area (Å²) >= 11 is 1.44. The average Bonchev–Trinajstić information content (AvgIpc) is 2.93. The Balaban J connectivity index is 1.70. The van der Waals surface area contributed by atoms with Gasteiger partial charge in [0.2, 0.25) is 11.0 Å². The summed E-state index contributed by atoms with van der Waals surface area (Å²) in [7, 11) is 0. The van der Waals surface area contributed by atoms with Crippen molar-refractivity contribution in [2.24, 2.45) is 0 Å². The predicted molar refractivity (Wildman–Crippen MR) is 93.2 cm³/mol. The van der Waals surface area contributed by atoms with Gasteiger partial charge in [0.15, 0.2) is 0 Å². The minimum atomic E-state index is -0.0478. The molecule has 2 rings (SSSR count). The van der Waals surface area contributed by atoms with E-state index in [0.717, 1.165) is 29.2 Å². The van der Waals surface area contributed by atoms with Crippen molar-refractivity contribution in [3.63, 3.8) is 0 Å². The van der Waals surface area contributed by atoms with Gasteiger partial charge in [0.25, 0.3) is 0 Å². The Bertz CT molecular complexity index is 655. The molecule has 6 heteroatoms. The third kappa shape index (κ3) is 5.63. The van der Waals surface area contributed by atoms with Crippen molar-refractivity contribution in [2.75, 3.05) is 11.9 Å². The van der Waals surface area contributed by atoms with E-state index in [-0.39, 0.29) is 5.91 Å². The molecule has 2 aromatic rings. The van der Waals surface area contributed by atoms with Crippen molar-refractivity contribution in [3.05, 3.63) is 34.3 Å². The van der Waals surface area contributed by atoms with E-state index < -0.39 is 0 Å². The van der Waals surface area contributed by atoms with Crippen molar-refractivity contribution < 1.29 is 9.53 Å². The molecule has 0 spiro atoms. The number of anilines is 1. The van der Waals surface area contributed by atoms with Gasteiger partial charge in [-0.2, -0.15) is 0 Å². The number of aryl methyl sites for hydroxylation is 3. The fraction of sp³-hybridized carbons (Fsp3) is 0.471. The zero-order valence-electron chi connectivity index (χ0n) is 13.9. The van der Waals surface area contributed by atoms with E-state index in [4.69, 9.17) is 4.74 Å². The van der Waals surface area contributed by atoms with E-state index in [9.17, 15) is 4.79 Å². The maximum Gasteiger partial charge on any atom is 0.226 e. The van der Waals surface area contributed by atoms with Crippen LogP contribution in [-0.2, 0) is 11.2 Å². The molecule has 1 N–H and O–H groups in total. The van der Waals surface area contributed by atoms with Crippen LogP contribution in [0.3, 0.4) is 0 Å². The maximum atomic E-state index is 11.9. The van der Waals surface area contributed by atoms with Gasteiger partial charge in [-0.1, -0.05) is 36.0 Å². The van der Waals surface area contributed by atoms with Crippen LogP contribution in [0.25, 0.3) is 0 Å². The van der Waals surface area contributed by atoms with Gasteiger partial charge in [-0.15, -0.1) is 10.2 Å². The largest absolute Gasteiger partial charge is 0.493 e. The van der Waals surface area contributed by atoms with E-state index in [0.29, 0.717) is 24.6 Å². The summed E-state index contributed by atoms with van der Waals surface area (Å²) in [5, 5.41) is 12.3. The van der Waals surface area contributed by atoms with E-state index >= 15 is 0 Å². The van der Waals surface area contributed by atoms with Crippen molar-refractivity contribution in [2.45, 2.75) is 46.5 Å². The summed E-state index contributed by atoms with van der Waals surface area (Å²) < 4.78 is 5.72. The third-order valence-electron chi connectivity index (χ3n) is 3.31. The second kappa shape index (κ2) is 8.62. The summed E-state index contributed by atoms with van der Waals surface area (Å²) in [4.78, 5) is 11.9. The Morgan fingerprint density at radius 2 is 2.13 bits per heavy atom. The second-order valence-electron chi connectivity index (χ2n) is 5.52. The molecule has 1 aromatic carbocycles. The first kappa shape index (κ1) is 17.4. The van der Waals surface area contributed by atoms with Crippen molar-refractivity contribution in [1.29, 1.82) is 0 Å². The number of hydrogen-bond acceptors (Lipinski definition) is 5. The van der Waals surface area contributed by atoms with Gasteiger partial charge in [-0.3, -0.25) is 4.79 Å². The molecule has 0 bridgehead atoms. The molecule has 1 amide bonds. The average molecular weight is 333 g/mol. The summed E-state index contributed by atoms with van der Waals surface area (Å²) in [6, 6.07) is 6.09. The van der Waals surface area contributed by atoms with Crippen LogP contribution < -0.4 is 10.1 Å². The normalized spacial score (nSPS) is 10.6. The molecule has 0 aliphatic carbocycles. The summed E-state index contributed by atoms with van der Waals surface area (Å²) in [5.41, 5.74) is 2.33. The quantitative estimate of drug-likeness (QED) is 0.744. The summed E-state index contributed by atoms with van der Waals surface area (Å²) in [6.45, 7) is 6.70. The minimum absolute atomic E-state index is 0.0478. The Hall–Kier alpha value is -1.95. The molecule has 0 saturated carbocycles. The van der Waals surface area contributed by atoms with Crippen molar-refractivity contribution in [3.8, 4) is 5.75 Å². The SMILES string of the molecule is CCCc1nnc(NC(=O)CCCOc2ccc(C)cc2C)s1. The lowest BCUT2D eigenvalue weighted by Crippen LogP contribution is -2.12. The number of carbonyl (C=O) groups excluding carboxylic acids is 1. The lowest BCUT2D eigenvalue weighted by atomic mass is 10.1. The molecule has 124 valence electrons. The molecule has 0 unspecified atom stereocenters. The van der Waals surface area contributed by atoms with Gasteiger partial charge in [-0.05, 0) is 38.3 Å². The van der Waals surface area contributed by atoms with Crippen LogP contribution >= 0.6 is 11.3 Å². The Labute approximate surface area is 141 Å². The molecule has 23 heavy (non-hydrogen) atoms. The number of amides is 1. The van der Waals surface area contributed by atoms with Crippen LogP contribution in [0, 0.1) is 13.8 Å². The molecular weight excluding hydrogens is 310 g/mol. The van der Waals surface area contributed by atoms with Gasteiger partial charge in [-0.25, -0.2) is 0 Å². The molecule has 0 aliphatic heterocycles. The van der Waals surface area contributed by atoms with E-state index in [2.05, 4.69) is 35.4 Å². The van der Waals surface area contributed by atoms with Crippen LogP contribution in [0.5, 0.6) is 5.75 Å². The zero-order valence-corrected chi connectivity index (χ0v) is 14.7. The third-order valence-corrected chi connectivity index (χ3v) is 4.21. The van der Waals surface area contributed by atoms with Crippen molar-refractivity contribution in [1.82, 2.24) is 10.2 Å². The Kier molecular flexibility index (Phi) is 6.52. The van der Waals surface area contributed by atoms with Gasteiger partial charge in [0.05, 0.1) is 6.61 Å². The Morgan fingerprint density at radius 1 is 1.30 bits per heavy atom. The molecule has 0 radical (unpaired) electrons. The van der Waals surface area contributed by atoms with Crippen molar-refractivity contribution >= 4 is 22.4 Å². The number of ether oxygens (including phenoxy) is 1. The second-order valence-corrected chi connectivity index (χ2v) is 6.58. The predicted octanol–water partition coefficient (Wildman–Crippen LogP) is 3.91. The molecule has 0 fully saturated rings. The van der Waals surface area contributed by atoms with E-state index in [1.165, 1.54) is 16.9 Å². The lowest BCUT2D eigenvalue weighted by Gasteiger charge is -2.09. The zero-order chi connectivity index (χ0) is 16.7. The van der Waals surface area contributed by atoms with E-state index in [1.807, 2.05) is 19.1 Å². The standard InChI is InChI=1S/C17H23N3O2S/c1-4-6-16-19-20-17(23-16)18-15(21)7-5-10-22-14-9-8-12(2)11-13(14)3/h8-9,11H,4-7,10H2,1-3H3,(H,18,20,21). The van der Waals surface area contributed by atoms with Crippen LogP contribution in [0.4, 0.5) is 5.13 Å². The highest BCUT2D eigenvalue weighted by Gasteiger charge is 2.08. The maximum absolute atomic E-state index is 11.9. The smallest absolute Gasteiger partial charge is 0.226 e. The molecule has 0 aliphatic rings. The highest BCUT2D eigenvalue weighted by atomic mass is 32.1. The van der Waals surface area contributed by atoms with Gasteiger partial charge < -0.3 is 10.1 Å². The topological polar surface area (TPSA) is 64.1 Å². The minimum Gasteiger partial charge on any atom is -0.493 e. The molecule has 0 atom stereocenters. The molecule has 5 nitrogen and oxygen atoms in total. The number of rotatable bonds is 8. The van der Waals surface area contributed by atoms with Gasteiger partial charge in [0, 0.05) is 12.8 Å². The first-order valence-electron chi connectivity index (χ1n) is 7.90. The van der Waals surface area contributed by atoms with Crippen LogP contribution in [0.1, 0.15) is 42.3 Å². The molecule has 1 heterocycles. The monoisotopic (exact) mass is 333 g/mol. The van der Waals surface area contributed by atoms with Crippen LogP contribution in [-0.4, -0.2) is 22.7 Å². The fourth-order valence-corrected chi connectivity index (χ4v) is 3.03. The summed E-state index contributed by atoms with van der Waals surface area (Å²) in [5.74, 6) is 0.831. The number of benzene rings is 1. The highest BCUT2D eigenvalue weighted by Crippen LogP contribution is 2.19. The molecule has 1 aromatic heterocycles. The number of carbonyl (C=O) groups is 1. The molecular formula is C17H23N3O2S. The van der Waals surface area contributed by atoms with E-state index in [1.54, 1.807) is 0 Å². The van der Waals surface area contributed by atoms with Gasteiger partial charge in [0.1, 0.15) is 10.8 Å². The molecule has 0 saturated heterocycles. The van der Waals surface area contributed by atoms with Gasteiger partial charge >= 0.3 is 0 Å². The van der Waals surface area contributed by atoms with Crippen LogP contribution in [0.15, 0.2) is 18.2 Å². The fourth-order valence-electron chi connectivity index (χ4n) is 2.18. The first-order valence-corrected chi connectivity index (χ1v) is 8.72. The van der Waals surface area contributed by atoms with Crippen LogP contribution in [0.2, 0.25) is 0 Å². The first-order chi connectivity index (χ1) is 11.1. The summed E-state index contributed by atoms with van der Waals surface area (Å²) in [6.07, 6.45) is 3.00. The highest BCUT2D eigenvalue weighted by molar-refractivity contribution is 7.15. The number of hydrogen-bond donors (Lipinski definition) is 1. The lowest BCUT2D eigenvalue weighted by molar-refractivity contribution is -0.116. The number of nitrogens with one attached hydrogen (secondary N) is 1. The number of aromatic nitrogens is 2.